The second-order valence-electron chi connectivity index (χ2n) is 7.71. The molecule has 4 rings (SSSR count). The molecular weight excluding hydrogens is 342 g/mol. The number of hydrogen-bond acceptors (Lipinski definition) is 4. The van der Waals surface area contributed by atoms with Gasteiger partial charge in [-0.1, -0.05) is 25.7 Å². The van der Waals surface area contributed by atoms with E-state index in [1.165, 1.54) is 25.7 Å². The minimum atomic E-state index is -0.0424. The molecule has 27 heavy (non-hydrogen) atoms. The highest BCUT2D eigenvalue weighted by Gasteiger charge is 2.28. The summed E-state index contributed by atoms with van der Waals surface area (Å²) in [5.41, 5.74) is 1.85. The maximum atomic E-state index is 13.0. The van der Waals surface area contributed by atoms with Gasteiger partial charge in [0.2, 0.25) is 5.91 Å². The van der Waals surface area contributed by atoms with E-state index < -0.39 is 0 Å². The zero-order valence-corrected chi connectivity index (χ0v) is 15.9. The molecule has 7 heteroatoms. The molecule has 1 saturated heterocycles. The lowest BCUT2D eigenvalue weighted by molar-refractivity contribution is -0.133. The first-order chi connectivity index (χ1) is 13.1. The van der Waals surface area contributed by atoms with Crippen LogP contribution in [0.15, 0.2) is 18.5 Å². The fourth-order valence-corrected chi connectivity index (χ4v) is 4.35. The number of hydrogen-bond donors (Lipinski definition) is 0. The molecule has 2 amide bonds. The molecule has 1 aliphatic carbocycles. The van der Waals surface area contributed by atoms with E-state index in [-0.39, 0.29) is 11.8 Å². The van der Waals surface area contributed by atoms with Crippen molar-refractivity contribution < 1.29 is 9.59 Å². The summed E-state index contributed by atoms with van der Waals surface area (Å²) in [6.07, 6.45) is 10.3. The van der Waals surface area contributed by atoms with E-state index in [4.69, 9.17) is 0 Å². The lowest BCUT2D eigenvalue weighted by atomic mass is 10.0. The molecule has 0 radical (unpaired) electrons. The van der Waals surface area contributed by atoms with Gasteiger partial charge in [-0.25, -0.2) is 9.50 Å². The van der Waals surface area contributed by atoms with Gasteiger partial charge < -0.3 is 9.80 Å². The molecule has 1 saturated carbocycles. The van der Waals surface area contributed by atoms with Crippen molar-refractivity contribution in [3.63, 3.8) is 0 Å². The Morgan fingerprint density at radius 2 is 1.81 bits per heavy atom. The fourth-order valence-electron chi connectivity index (χ4n) is 4.35. The van der Waals surface area contributed by atoms with Crippen molar-refractivity contribution in [2.24, 2.45) is 5.92 Å². The first-order valence-electron chi connectivity index (χ1n) is 10.0. The number of aromatic nitrogens is 3. The minimum Gasteiger partial charge on any atom is -0.339 e. The van der Waals surface area contributed by atoms with Crippen molar-refractivity contribution in [1.29, 1.82) is 0 Å². The molecule has 2 aromatic rings. The zero-order chi connectivity index (χ0) is 18.8. The van der Waals surface area contributed by atoms with Crippen LogP contribution >= 0.6 is 0 Å². The second-order valence-corrected chi connectivity index (χ2v) is 7.71. The van der Waals surface area contributed by atoms with E-state index in [1.807, 2.05) is 16.7 Å². The summed E-state index contributed by atoms with van der Waals surface area (Å²) in [5.74, 6) is 0.935. The maximum absolute atomic E-state index is 13.0. The van der Waals surface area contributed by atoms with Gasteiger partial charge in [-0.15, -0.1) is 0 Å². The molecule has 0 aromatic carbocycles. The quantitative estimate of drug-likeness (QED) is 0.829. The summed E-state index contributed by atoms with van der Waals surface area (Å²) in [7, 11) is 0. The Morgan fingerprint density at radius 1 is 1.11 bits per heavy atom. The molecule has 1 aliphatic heterocycles. The van der Waals surface area contributed by atoms with Crippen LogP contribution in [-0.2, 0) is 4.79 Å². The van der Waals surface area contributed by atoms with Gasteiger partial charge in [0.25, 0.3) is 5.91 Å². The van der Waals surface area contributed by atoms with E-state index in [1.54, 1.807) is 23.0 Å². The first kappa shape index (κ1) is 17.9. The highest BCUT2D eigenvalue weighted by Crippen LogP contribution is 2.28. The molecule has 0 unspecified atom stereocenters. The van der Waals surface area contributed by atoms with Crippen LogP contribution in [0, 0.1) is 12.8 Å². The van der Waals surface area contributed by atoms with E-state index in [2.05, 4.69) is 10.1 Å². The molecule has 0 atom stereocenters. The van der Waals surface area contributed by atoms with Crippen molar-refractivity contribution in [2.75, 3.05) is 26.2 Å². The van der Waals surface area contributed by atoms with Crippen molar-refractivity contribution in [3.05, 3.63) is 29.7 Å². The Labute approximate surface area is 159 Å². The third kappa shape index (κ3) is 3.68. The molecule has 0 bridgehead atoms. The number of rotatable bonds is 4. The number of amides is 2. The predicted molar refractivity (Wildman–Crippen MR) is 101 cm³/mol. The van der Waals surface area contributed by atoms with Gasteiger partial charge in [-0.05, 0) is 25.3 Å². The Hall–Kier alpha value is -2.44. The van der Waals surface area contributed by atoms with Gasteiger partial charge in [0.1, 0.15) is 5.56 Å². The van der Waals surface area contributed by atoms with Crippen LogP contribution in [0.4, 0.5) is 0 Å². The number of piperazine rings is 1. The average molecular weight is 369 g/mol. The van der Waals surface area contributed by atoms with Gasteiger partial charge in [0, 0.05) is 45.0 Å². The lowest BCUT2D eigenvalue weighted by Gasteiger charge is -2.35. The normalized spacial score (nSPS) is 18.4. The van der Waals surface area contributed by atoms with Gasteiger partial charge in [0.05, 0.1) is 5.69 Å². The van der Waals surface area contributed by atoms with Crippen LogP contribution in [0.3, 0.4) is 0 Å². The Morgan fingerprint density at radius 3 is 2.56 bits per heavy atom. The molecule has 7 nitrogen and oxygen atoms in total. The Bertz CT molecular complexity index is 832. The van der Waals surface area contributed by atoms with Gasteiger partial charge in [-0.3, -0.25) is 9.59 Å². The van der Waals surface area contributed by atoms with Crippen molar-refractivity contribution in [1.82, 2.24) is 24.4 Å². The molecule has 3 heterocycles. The zero-order valence-electron chi connectivity index (χ0n) is 15.9. The highest BCUT2D eigenvalue weighted by atomic mass is 16.2. The summed E-state index contributed by atoms with van der Waals surface area (Å²) in [4.78, 5) is 33.5. The Balaban J connectivity index is 1.35. The van der Waals surface area contributed by atoms with Crippen molar-refractivity contribution in [3.8, 4) is 0 Å². The fraction of sp³-hybridized carbons (Fsp3) is 0.600. The summed E-state index contributed by atoms with van der Waals surface area (Å²) in [6, 6.07) is 1.80. The van der Waals surface area contributed by atoms with E-state index >= 15 is 0 Å². The largest absolute Gasteiger partial charge is 0.339 e. The van der Waals surface area contributed by atoms with Crippen LogP contribution in [0.2, 0.25) is 0 Å². The number of nitrogens with zero attached hydrogens (tertiary/aromatic N) is 5. The third-order valence-corrected chi connectivity index (χ3v) is 5.94. The Kier molecular flexibility index (Phi) is 5.09. The minimum absolute atomic E-state index is 0.0424. The van der Waals surface area contributed by atoms with E-state index in [9.17, 15) is 9.59 Å². The monoisotopic (exact) mass is 369 g/mol. The maximum Gasteiger partial charge on any atom is 0.259 e. The van der Waals surface area contributed by atoms with Gasteiger partial charge >= 0.3 is 0 Å². The number of carbonyl (C=O) groups excluding carboxylic acids is 2. The van der Waals surface area contributed by atoms with E-state index in [0.717, 1.165) is 12.3 Å². The summed E-state index contributed by atoms with van der Waals surface area (Å²) in [6.45, 7) is 4.20. The molecule has 2 aromatic heterocycles. The molecule has 144 valence electrons. The average Bonchev–Trinajstić information content (AvgIpc) is 3.32. The van der Waals surface area contributed by atoms with Gasteiger partial charge in [-0.2, -0.15) is 5.10 Å². The number of fused-ring (bicyclic) bond motifs is 1. The molecule has 2 aliphatic rings. The summed E-state index contributed by atoms with van der Waals surface area (Å²) >= 11 is 0. The van der Waals surface area contributed by atoms with Crippen LogP contribution in [-0.4, -0.2) is 62.4 Å². The summed E-state index contributed by atoms with van der Waals surface area (Å²) < 4.78 is 1.64. The van der Waals surface area contributed by atoms with Gasteiger partial charge in [0.15, 0.2) is 5.65 Å². The molecule has 0 N–H and O–H groups in total. The smallest absolute Gasteiger partial charge is 0.259 e. The molecule has 0 spiro atoms. The molecular formula is C20H27N5O2. The van der Waals surface area contributed by atoms with Crippen molar-refractivity contribution in [2.45, 2.75) is 45.4 Å². The third-order valence-electron chi connectivity index (χ3n) is 5.94. The lowest BCUT2D eigenvalue weighted by Crippen LogP contribution is -2.50. The standard InChI is InChI=1S/C20H27N5O2/c1-15-18(19-21-9-4-10-25(19)22-15)20(27)24-13-11-23(12-14-24)17(26)8-7-16-5-2-3-6-16/h4,9-10,16H,2-3,5-8,11-14H2,1H3. The van der Waals surface area contributed by atoms with Crippen LogP contribution in [0.1, 0.15) is 54.6 Å². The van der Waals surface area contributed by atoms with Crippen LogP contribution < -0.4 is 0 Å². The molecule has 2 fully saturated rings. The highest BCUT2D eigenvalue weighted by molar-refractivity contribution is 6.01. The van der Waals surface area contributed by atoms with Crippen molar-refractivity contribution >= 4 is 17.5 Å². The second kappa shape index (κ2) is 7.66. The van der Waals surface area contributed by atoms with E-state index in [0.29, 0.717) is 49.5 Å². The number of carbonyl (C=O) groups is 2. The van der Waals surface area contributed by atoms with Crippen LogP contribution in [0.5, 0.6) is 0 Å². The predicted octanol–water partition coefficient (Wildman–Crippen LogP) is 2.29. The topological polar surface area (TPSA) is 70.8 Å². The van der Waals surface area contributed by atoms with Crippen LogP contribution in [0.25, 0.3) is 5.65 Å². The SMILES string of the molecule is Cc1nn2cccnc2c1C(=O)N1CCN(C(=O)CCC2CCCC2)CC1. The number of aryl methyl sites for hydroxylation is 1. The summed E-state index contributed by atoms with van der Waals surface area (Å²) in [5, 5.41) is 4.38. The first-order valence-corrected chi connectivity index (χ1v) is 10.0.